The first kappa shape index (κ1) is 6.42. The Morgan fingerprint density at radius 3 is 2.67 bits per heavy atom. The van der Waals surface area contributed by atoms with E-state index in [0.29, 0.717) is 0 Å². The number of rotatable bonds is 2. The summed E-state index contributed by atoms with van der Waals surface area (Å²) in [5, 5.41) is 0. The molecule has 0 heteroatoms. The molecule has 9 heavy (non-hydrogen) atoms. The van der Waals surface area contributed by atoms with Crippen molar-refractivity contribution >= 4 is 0 Å². The van der Waals surface area contributed by atoms with Gasteiger partial charge in [-0.05, 0) is 19.3 Å². The highest BCUT2D eigenvalue weighted by Crippen LogP contribution is 2.46. The summed E-state index contributed by atoms with van der Waals surface area (Å²) < 4.78 is 0. The first-order valence-corrected chi connectivity index (χ1v) is 3.48. The van der Waals surface area contributed by atoms with E-state index < -0.39 is 0 Å². The Labute approximate surface area is 57.0 Å². The van der Waals surface area contributed by atoms with Gasteiger partial charge in [0.05, 0.1) is 0 Å². The maximum atomic E-state index is 5.31. The quantitative estimate of drug-likeness (QED) is 0.387. The fourth-order valence-corrected chi connectivity index (χ4v) is 0.837. The Kier molecular flexibility index (Phi) is 1.62. The molecule has 0 amide bonds. The van der Waals surface area contributed by atoms with E-state index in [-0.39, 0.29) is 5.41 Å². The molecule has 1 fully saturated rings. The van der Waals surface area contributed by atoms with E-state index in [4.69, 9.17) is 6.42 Å². The monoisotopic (exact) mass is 120 g/mol. The molecule has 0 aromatic carbocycles. The Hall–Kier alpha value is -0.700. The second-order valence-corrected chi connectivity index (χ2v) is 2.61. The van der Waals surface area contributed by atoms with E-state index in [2.05, 4.69) is 25.0 Å². The second kappa shape index (κ2) is 2.27. The zero-order valence-corrected chi connectivity index (χ0v) is 5.85. The topological polar surface area (TPSA) is 0 Å². The summed E-state index contributed by atoms with van der Waals surface area (Å²) in [4.78, 5) is 0. The van der Waals surface area contributed by atoms with Gasteiger partial charge in [0, 0.05) is 5.41 Å². The van der Waals surface area contributed by atoms with E-state index in [1.807, 2.05) is 0 Å². The van der Waals surface area contributed by atoms with Crippen molar-refractivity contribution in [2.24, 2.45) is 5.41 Å². The summed E-state index contributed by atoms with van der Waals surface area (Å²) in [6.07, 6.45) is 13.1. The highest BCUT2D eigenvalue weighted by molar-refractivity contribution is 5.24. The van der Waals surface area contributed by atoms with Crippen molar-refractivity contribution < 1.29 is 0 Å². The molecule has 0 heterocycles. The van der Waals surface area contributed by atoms with Crippen LogP contribution in [0.3, 0.4) is 0 Å². The van der Waals surface area contributed by atoms with Gasteiger partial charge in [-0.25, -0.2) is 0 Å². The molecular formula is C9H12. The Morgan fingerprint density at radius 2 is 2.33 bits per heavy atom. The second-order valence-electron chi connectivity index (χ2n) is 2.61. The van der Waals surface area contributed by atoms with Gasteiger partial charge < -0.3 is 0 Å². The van der Waals surface area contributed by atoms with Gasteiger partial charge in [0.15, 0.2) is 0 Å². The molecule has 0 aromatic rings. The van der Waals surface area contributed by atoms with Crippen LogP contribution in [0.15, 0.2) is 12.2 Å². The van der Waals surface area contributed by atoms with Crippen LogP contribution in [0.1, 0.15) is 26.2 Å². The maximum absolute atomic E-state index is 5.31. The highest BCUT2D eigenvalue weighted by atomic mass is 14.4. The molecule has 0 unspecified atom stereocenters. The fraction of sp³-hybridized carbons (Fsp3) is 0.556. The third kappa shape index (κ3) is 1.36. The molecule has 1 rings (SSSR count). The van der Waals surface area contributed by atoms with Crippen molar-refractivity contribution in [2.45, 2.75) is 26.2 Å². The smallest absolute Gasteiger partial charge is 0.0492 e. The molecule has 0 atom stereocenters. The predicted molar refractivity (Wildman–Crippen MR) is 39.9 cm³/mol. The van der Waals surface area contributed by atoms with Gasteiger partial charge in [-0.2, -0.15) is 0 Å². The maximum Gasteiger partial charge on any atom is 0.0492 e. The van der Waals surface area contributed by atoms with Crippen LogP contribution in [0.4, 0.5) is 0 Å². The molecule has 48 valence electrons. The van der Waals surface area contributed by atoms with Gasteiger partial charge in [-0.3, -0.25) is 0 Å². The van der Waals surface area contributed by atoms with Gasteiger partial charge in [-0.1, -0.05) is 25.0 Å². The number of allylic oxidation sites excluding steroid dienone is 2. The molecule has 0 radical (unpaired) electrons. The van der Waals surface area contributed by atoms with Crippen molar-refractivity contribution in [1.82, 2.24) is 0 Å². The van der Waals surface area contributed by atoms with E-state index >= 15 is 0 Å². The van der Waals surface area contributed by atoms with Crippen LogP contribution in [0.2, 0.25) is 0 Å². The van der Waals surface area contributed by atoms with E-state index in [9.17, 15) is 0 Å². The molecule has 1 aliphatic rings. The van der Waals surface area contributed by atoms with Crippen molar-refractivity contribution in [3.8, 4) is 12.3 Å². The lowest BCUT2D eigenvalue weighted by molar-refractivity contribution is 0.890. The van der Waals surface area contributed by atoms with Crippen LogP contribution in [-0.4, -0.2) is 0 Å². The standard InChI is InChI=1S/C9H12/c1-3-5-6-9(4-2)7-8-9/h2,5-6H,3,7-8H2,1H3/b6-5+. The van der Waals surface area contributed by atoms with E-state index in [1.165, 1.54) is 12.8 Å². The summed E-state index contributed by atoms with van der Waals surface area (Å²) in [5.74, 6) is 2.80. The SMILES string of the molecule is C#CC1(/C=C/CC)CC1. The van der Waals surface area contributed by atoms with Crippen molar-refractivity contribution in [3.63, 3.8) is 0 Å². The molecule has 0 aromatic heterocycles. The Bertz CT molecular complexity index is 153. The number of hydrogen-bond donors (Lipinski definition) is 0. The van der Waals surface area contributed by atoms with Crippen LogP contribution in [0, 0.1) is 17.8 Å². The molecule has 0 spiro atoms. The Morgan fingerprint density at radius 1 is 1.67 bits per heavy atom. The van der Waals surface area contributed by atoms with Gasteiger partial charge >= 0.3 is 0 Å². The van der Waals surface area contributed by atoms with Crippen LogP contribution in [-0.2, 0) is 0 Å². The lowest BCUT2D eigenvalue weighted by Gasteiger charge is -1.94. The average molecular weight is 120 g/mol. The van der Waals surface area contributed by atoms with Gasteiger partial charge in [0.1, 0.15) is 0 Å². The summed E-state index contributed by atoms with van der Waals surface area (Å²) in [6, 6.07) is 0. The highest BCUT2D eigenvalue weighted by Gasteiger charge is 2.37. The summed E-state index contributed by atoms with van der Waals surface area (Å²) in [6.45, 7) is 2.13. The van der Waals surface area contributed by atoms with Gasteiger partial charge in [-0.15, -0.1) is 6.42 Å². The molecular weight excluding hydrogens is 108 g/mol. The van der Waals surface area contributed by atoms with Crippen LogP contribution in [0.5, 0.6) is 0 Å². The van der Waals surface area contributed by atoms with Crippen molar-refractivity contribution in [2.75, 3.05) is 0 Å². The normalized spacial score (nSPS) is 21.8. The zero-order chi connectivity index (χ0) is 6.74. The largest absolute Gasteiger partial charge is 0.119 e. The average Bonchev–Trinajstić information content (AvgIpc) is 2.65. The lowest BCUT2D eigenvalue weighted by Crippen LogP contribution is -1.86. The fourth-order valence-electron chi connectivity index (χ4n) is 0.837. The molecule has 1 aliphatic carbocycles. The van der Waals surface area contributed by atoms with E-state index in [1.54, 1.807) is 0 Å². The number of terminal acetylenes is 1. The van der Waals surface area contributed by atoms with Crippen molar-refractivity contribution in [3.05, 3.63) is 12.2 Å². The molecule has 0 bridgehead atoms. The first-order valence-electron chi connectivity index (χ1n) is 3.48. The molecule has 1 saturated carbocycles. The predicted octanol–water partition coefficient (Wildman–Crippen LogP) is 2.37. The molecule has 0 saturated heterocycles. The zero-order valence-electron chi connectivity index (χ0n) is 5.85. The molecule has 0 nitrogen and oxygen atoms in total. The Balaban J connectivity index is 2.45. The summed E-state index contributed by atoms with van der Waals surface area (Å²) in [7, 11) is 0. The van der Waals surface area contributed by atoms with Crippen LogP contribution < -0.4 is 0 Å². The minimum absolute atomic E-state index is 0.190. The van der Waals surface area contributed by atoms with Gasteiger partial charge in [0.2, 0.25) is 0 Å². The van der Waals surface area contributed by atoms with Crippen LogP contribution in [0.25, 0.3) is 0 Å². The summed E-state index contributed by atoms with van der Waals surface area (Å²) in [5.41, 5.74) is 0.190. The molecule has 0 N–H and O–H groups in total. The minimum Gasteiger partial charge on any atom is -0.119 e. The summed E-state index contributed by atoms with van der Waals surface area (Å²) >= 11 is 0. The first-order chi connectivity index (χ1) is 4.33. The van der Waals surface area contributed by atoms with Crippen LogP contribution >= 0.6 is 0 Å². The molecule has 0 aliphatic heterocycles. The van der Waals surface area contributed by atoms with E-state index in [0.717, 1.165) is 6.42 Å². The third-order valence-electron chi connectivity index (χ3n) is 1.75. The van der Waals surface area contributed by atoms with Crippen molar-refractivity contribution in [1.29, 1.82) is 0 Å². The minimum atomic E-state index is 0.190. The number of hydrogen-bond acceptors (Lipinski definition) is 0. The third-order valence-corrected chi connectivity index (χ3v) is 1.75. The van der Waals surface area contributed by atoms with Gasteiger partial charge in [0.25, 0.3) is 0 Å². The lowest BCUT2D eigenvalue weighted by atomic mass is 10.1.